The summed E-state index contributed by atoms with van der Waals surface area (Å²) >= 11 is 0. The van der Waals surface area contributed by atoms with Crippen molar-refractivity contribution in [2.75, 3.05) is 0 Å². The quantitative estimate of drug-likeness (QED) is 0.582. The van der Waals surface area contributed by atoms with Gasteiger partial charge in [-0.2, -0.15) is 0 Å². The first kappa shape index (κ1) is 14.4. The van der Waals surface area contributed by atoms with Gasteiger partial charge in [0.25, 0.3) is 11.6 Å². The van der Waals surface area contributed by atoms with Gasteiger partial charge in [-0.1, -0.05) is 6.92 Å². The number of carboxylic acid groups (broad SMARTS) is 1. The molecule has 8 nitrogen and oxygen atoms in total. The standard InChI is InChI=1S/C11H12N2O6/c1-2-8(10(12)14)19-9-4-3-6(13(17)18)5-7(9)11(15)16/h3-5,8H,2H2,1H3,(H2,12,14)(H,15,16). The highest BCUT2D eigenvalue weighted by Gasteiger charge is 2.21. The van der Waals surface area contributed by atoms with Crippen LogP contribution >= 0.6 is 0 Å². The number of amides is 1. The molecule has 0 aliphatic rings. The average molecular weight is 268 g/mol. The van der Waals surface area contributed by atoms with Crippen LogP contribution in [-0.2, 0) is 4.79 Å². The topological polar surface area (TPSA) is 133 Å². The maximum atomic E-state index is 11.0. The van der Waals surface area contributed by atoms with Gasteiger partial charge in [0.15, 0.2) is 6.10 Å². The minimum atomic E-state index is -1.39. The number of carbonyl (C=O) groups is 2. The average Bonchev–Trinajstić information content (AvgIpc) is 2.35. The molecule has 8 heteroatoms. The lowest BCUT2D eigenvalue weighted by atomic mass is 10.1. The lowest BCUT2D eigenvalue weighted by Gasteiger charge is -2.15. The molecule has 0 aliphatic carbocycles. The maximum absolute atomic E-state index is 11.0. The van der Waals surface area contributed by atoms with Crippen LogP contribution in [0, 0.1) is 10.1 Å². The number of nitro groups is 1. The predicted molar refractivity (Wildman–Crippen MR) is 64.0 cm³/mol. The lowest BCUT2D eigenvalue weighted by Crippen LogP contribution is -2.33. The van der Waals surface area contributed by atoms with Crippen molar-refractivity contribution >= 4 is 17.6 Å². The lowest BCUT2D eigenvalue weighted by molar-refractivity contribution is -0.384. The van der Waals surface area contributed by atoms with Crippen molar-refractivity contribution in [3.8, 4) is 5.75 Å². The third-order valence-electron chi connectivity index (χ3n) is 2.36. The fraction of sp³-hybridized carbons (Fsp3) is 0.273. The molecule has 0 saturated heterocycles. The van der Waals surface area contributed by atoms with Crippen LogP contribution in [0.25, 0.3) is 0 Å². The number of nitrogens with two attached hydrogens (primary N) is 1. The third kappa shape index (κ3) is 3.41. The van der Waals surface area contributed by atoms with E-state index in [1.165, 1.54) is 0 Å². The van der Waals surface area contributed by atoms with Crippen molar-refractivity contribution in [1.29, 1.82) is 0 Å². The van der Waals surface area contributed by atoms with E-state index >= 15 is 0 Å². The van der Waals surface area contributed by atoms with Gasteiger partial charge in [-0.25, -0.2) is 4.79 Å². The predicted octanol–water partition coefficient (Wildman–Crippen LogP) is 0.936. The van der Waals surface area contributed by atoms with Crippen LogP contribution in [0.1, 0.15) is 23.7 Å². The Morgan fingerprint density at radius 2 is 2.16 bits per heavy atom. The minimum Gasteiger partial charge on any atom is -0.480 e. The molecular formula is C11H12N2O6. The number of benzene rings is 1. The number of carboxylic acids is 1. The zero-order valence-electron chi connectivity index (χ0n) is 10.0. The zero-order chi connectivity index (χ0) is 14.6. The largest absolute Gasteiger partial charge is 0.480 e. The molecule has 0 spiro atoms. The van der Waals surface area contributed by atoms with E-state index in [4.69, 9.17) is 15.6 Å². The van der Waals surface area contributed by atoms with Crippen molar-refractivity contribution in [2.24, 2.45) is 5.73 Å². The van der Waals surface area contributed by atoms with Crippen LogP contribution in [0.15, 0.2) is 18.2 Å². The summed E-state index contributed by atoms with van der Waals surface area (Å²) in [6, 6.07) is 3.09. The molecule has 1 unspecified atom stereocenters. The second-order valence-electron chi connectivity index (χ2n) is 3.66. The van der Waals surface area contributed by atoms with Gasteiger partial charge in [-0.15, -0.1) is 0 Å². The van der Waals surface area contributed by atoms with E-state index in [0.29, 0.717) is 0 Å². The summed E-state index contributed by atoms with van der Waals surface area (Å²) < 4.78 is 5.17. The molecule has 19 heavy (non-hydrogen) atoms. The molecule has 0 aromatic heterocycles. The number of rotatable bonds is 6. The number of hydrogen-bond donors (Lipinski definition) is 2. The summed E-state index contributed by atoms with van der Waals surface area (Å²) in [7, 11) is 0. The Bertz CT molecular complexity index is 528. The zero-order valence-corrected chi connectivity index (χ0v) is 10.0. The van der Waals surface area contributed by atoms with Gasteiger partial charge in [0.05, 0.1) is 4.92 Å². The molecule has 0 bridgehead atoms. The Morgan fingerprint density at radius 3 is 2.58 bits per heavy atom. The monoisotopic (exact) mass is 268 g/mol. The van der Waals surface area contributed by atoms with Crippen LogP contribution in [0.3, 0.4) is 0 Å². The summed E-state index contributed by atoms with van der Waals surface area (Å²) in [5, 5.41) is 19.5. The van der Waals surface area contributed by atoms with Gasteiger partial charge in [-0.3, -0.25) is 14.9 Å². The number of hydrogen-bond acceptors (Lipinski definition) is 5. The van der Waals surface area contributed by atoms with Crippen LogP contribution in [0.5, 0.6) is 5.75 Å². The van der Waals surface area contributed by atoms with Gasteiger partial charge in [0, 0.05) is 12.1 Å². The molecule has 1 aromatic rings. The number of carbonyl (C=O) groups excluding carboxylic acids is 1. The molecule has 0 saturated carbocycles. The van der Waals surface area contributed by atoms with E-state index in [0.717, 1.165) is 18.2 Å². The molecule has 1 rings (SSSR count). The van der Waals surface area contributed by atoms with Crippen LogP contribution in [0.4, 0.5) is 5.69 Å². The van der Waals surface area contributed by atoms with Gasteiger partial charge < -0.3 is 15.6 Å². The van der Waals surface area contributed by atoms with Gasteiger partial charge >= 0.3 is 5.97 Å². The number of aromatic carboxylic acids is 1. The normalized spacial score (nSPS) is 11.6. The molecule has 0 aliphatic heterocycles. The van der Waals surface area contributed by atoms with E-state index < -0.39 is 28.5 Å². The van der Waals surface area contributed by atoms with Crippen LogP contribution < -0.4 is 10.5 Å². The molecule has 1 amide bonds. The second-order valence-corrected chi connectivity index (χ2v) is 3.66. The molecule has 102 valence electrons. The van der Waals surface area contributed by atoms with E-state index in [1.54, 1.807) is 6.92 Å². The Hall–Kier alpha value is -2.64. The fourth-order valence-corrected chi connectivity index (χ4v) is 1.40. The van der Waals surface area contributed by atoms with Gasteiger partial charge in [0.1, 0.15) is 11.3 Å². The van der Waals surface area contributed by atoms with Crippen molar-refractivity contribution in [1.82, 2.24) is 0 Å². The van der Waals surface area contributed by atoms with Crippen LogP contribution in [0.2, 0.25) is 0 Å². The summed E-state index contributed by atoms with van der Waals surface area (Å²) in [6.07, 6.45) is -0.731. The molecule has 3 N–H and O–H groups in total. The Labute approximate surface area is 107 Å². The van der Waals surface area contributed by atoms with Crippen LogP contribution in [-0.4, -0.2) is 28.0 Å². The number of primary amides is 1. The first-order chi connectivity index (χ1) is 8.86. The molecule has 0 heterocycles. The van der Waals surface area contributed by atoms with Crippen molar-refractivity contribution < 1.29 is 24.4 Å². The van der Waals surface area contributed by atoms with Crippen molar-refractivity contribution in [3.63, 3.8) is 0 Å². The molecule has 0 radical (unpaired) electrons. The number of ether oxygens (including phenoxy) is 1. The van der Waals surface area contributed by atoms with E-state index in [-0.39, 0.29) is 17.9 Å². The number of nitro benzene ring substituents is 1. The fourth-order valence-electron chi connectivity index (χ4n) is 1.40. The van der Waals surface area contributed by atoms with Crippen molar-refractivity contribution in [2.45, 2.75) is 19.4 Å². The molecule has 1 atom stereocenters. The van der Waals surface area contributed by atoms with E-state index in [9.17, 15) is 19.7 Å². The summed E-state index contributed by atoms with van der Waals surface area (Å²) in [5.74, 6) is -2.26. The first-order valence-corrected chi connectivity index (χ1v) is 5.34. The highest BCUT2D eigenvalue weighted by atomic mass is 16.6. The Kier molecular flexibility index (Phi) is 4.41. The molecular weight excluding hydrogens is 256 g/mol. The molecule has 0 fully saturated rings. The minimum absolute atomic E-state index is 0.135. The third-order valence-corrected chi connectivity index (χ3v) is 2.36. The SMILES string of the molecule is CCC(Oc1ccc([N+](=O)[O-])cc1C(=O)O)C(N)=O. The second kappa shape index (κ2) is 5.80. The Morgan fingerprint density at radius 1 is 1.53 bits per heavy atom. The van der Waals surface area contributed by atoms with E-state index in [1.807, 2.05) is 0 Å². The van der Waals surface area contributed by atoms with Gasteiger partial charge in [0.2, 0.25) is 0 Å². The summed E-state index contributed by atoms with van der Waals surface area (Å²) in [5.41, 5.74) is 4.31. The number of non-ortho nitro benzene ring substituents is 1. The highest BCUT2D eigenvalue weighted by molar-refractivity contribution is 5.92. The summed E-state index contributed by atoms with van der Waals surface area (Å²) in [6.45, 7) is 1.64. The maximum Gasteiger partial charge on any atom is 0.339 e. The number of nitrogens with zero attached hydrogens (tertiary/aromatic N) is 1. The smallest absolute Gasteiger partial charge is 0.339 e. The highest BCUT2D eigenvalue weighted by Crippen LogP contribution is 2.25. The van der Waals surface area contributed by atoms with Gasteiger partial charge in [-0.05, 0) is 12.5 Å². The molecule has 1 aromatic carbocycles. The van der Waals surface area contributed by atoms with Crippen molar-refractivity contribution in [3.05, 3.63) is 33.9 Å². The Balaban J connectivity index is 3.16. The first-order valence-electron chi connectivity index (χ1n) is 5.34. The summed E-state index contributed by atoms with van der Waals surface area (Å²) in [4.78, 5) is 31.9. The van der Waals surface area contributed by atoms with E-state index in [2.05, 4.69) is 0 Å².